The molecule has 0 heterocycles. The summed E-state index contributed by atoms with van der Waals surface area (Å²) in [5, 5.41) is 13.0. The smallest absolute Gasteiger partial charge is 0.125 e. The van der Waals surface area contributed by atoms with E-state index in [0.717, 1.165) is 23.4 Å². The summed E-state index contributed by atoms with van der Waals surface area (Å²) < 4.78 is 11.1. The predicted molar refractivity (Wildman–Crippen MR) is 81.3 cm³/mol. The van der Waals surface area contributed by atoms with Gasteiger partial charge in [0.15, 0.2) is 0 Å². The van der Waals surface area contributed by atoms with E-state index in [-0.39, 0.29) is 12.7 Å². The van der Waals surface area contributed by atoms with Gasteiger partial charge in [-0.1, -0.05) is 12.1 Å². The Morgan fingerprint density at radius 2 is 1.75 bits per heavy atom. The van der Waals surface area contributed by atoms with Crippen LogP contribution in [0, 0.1) is 13.8 Å². The maximum absolute atomic E-state index is 9.82. The minimum atomic E-state index is -0.604. The summed E-state index contributed by atoms with van der Waals surface area (Å²) in [4.78, 5) is 0. The Bertz CT molecular complexity index is 395. The Morgan fingerprint density at radius 1 is 1.15 bits per heavy atom. The minimum absolute atomic E-state index is 0.119. The van der Waals surface area contributed by atoms with Gasteiger partial charge in [0.2, 0.25) is 0 Å². The lowest BCUT2D eigenvalue weighted by Crippen LogP contribution is -2.25. The molecule has 2 N–H and O–H groups in total. The molecule has 0 aliphatic carbocycles. The Labute approximate surface area is 122 Å². The number of aryl methyl sites for hydroxylation is 2. The van der Waals surface area contributed by atoms with Gasteiger partial charge >= 0.3 is 0 Å². The maximum atomic E-state index is 9.82. The van der Waals surface area contributed by atoms with Crippen molar-refractivity contribution < 1.29 is 14.6 Å². The van der Waals surface area contributed by atoms with Crippen LogP contribution in [0.25, 0.3) is 0 Å². The highest BCUT2D eigenvalue weighted by molar-refractivity contribution is 5.43. The Balaban J connectivity index is 2.59. The van der Waals surface area contributed by atoms with Crippen molar-refractivity contribution in [3.63, 3.8) is 0 Å². The molecule has 0 aliphatic rings. The zero-order valence-electron chi connectivity index (χ0n) is 13.2. The molecular weight excluding hydrogens is 254 g/mol. The van der Waals surface area contributed by atoms with Crippen LogP contribution in [0.4, 0.5) is 0 Å². The molecule has 1 rings (SSSR count). The molecule has 1 aromatic rings. The van der Waals surface area contributed by atoms with Crippen LogP contribution in [0.5, 0.6) is 5.75 Å². The molecule has 0 fully saturated rings. The van der Waals surface area contributed by atoms with Gasteiger partial charge in [-0.05, 0) is 51.4 Å². The van der Waals surface area contributed by atoms with Crippen LogP contribution >= 0.6 is 0 Å². The Morgan fingerprint density at radius 3 is 2.25 bits per heavy atom. The molecule has 0 amide bonds. The number of hydrogen-bond donors (Lipinski definition) is 2. The van der Waals surface area contributed by atoms with Crippen molar-refractivity contribution in [2.24, 2.45) is 0 Å². The predicted octanol–water partition coefficient (Wildman–Crippen LogP) is 2.19. The summed E-state index contributed by atoms with van der Waals surface area (Å²) in [6, 6.07) is 4.21. The molecule has 0 bridgehead atoms. The fourth-order valence-corrected chi connectivity index (χ4v) is 2.10. The first-order valence-electron chi connectivity index (χ1n) is 7.11. The standard InChI is InChI=1S/C16H27NO3/c1-11(2)19-9-15(18)10-20-16-12(3)6-14(8-17-5)7-13(16)4/h6-7,11,15,17-18H,8-10H2,1-5H3. The minimum Gasteiger partial charge on any atom is -0.490 e. The van der Waals surface area contributed by atoms with Crippen LogP contribution in [0.3, 0.4) is 0 Å². The van der Waals surface area contributed by atoms with Crippen LogP contribution in [-0.4, -0.2) is 37.6 Å². The molecule has 0 saturated heterocycles. The molecule has 0 spiro atoms. The van der Waals surface area contributed by atoms with Gasteiger partial charge in [0, 0.05) is 6.54 Å². The highest BCUT2D eigenvalue weighted by atomic mass is 16.5. The number of nitrogens with one attached hydrogen (secondary N) is 1. The molecule has 4 nitrogen and oxygen atoms in total. The van der Waals surface area contributed by atoms with Gasteiger partial charge in [-0.2, -0.15) is 0 Å². The summed E-state index contributed by atoms with van der Waals surface area (Å²) >= 11 is 0. The SMILES string of the molecule is CNCc1cc(C)c(OCC(O)COC(C)C)c(C)c1. The summed E-state index contributed by atoms with van der Waals surface area (Å²) in [6.45, 7) is 9.34. The number of aliphatic hydroxyl groups is 1. The van der Waals surface area contributed by atoms with E-state index >= 15 is 0 Å². The quantitative estimate of drug-likeness (QED) is 0.767. The highest BCUT2D eigenvalue weighted by Crippen LogP contribution is 2.25. The van der Waals surface area contributed by atoms with Crippen LogP contribution in [0.1, 0.15) is 30.5 Å². The summed E-state index contributed by atoms with van der Waals surface area (Å²) in [5.74, 6) is 0.855. The summed E-state index contributed by atoms with van der Waals surface area (Å²) in [5.41, 5.74) is 3.41. The summed E-state index contributed by atoms with van der Waals surface area (Å²) in [6.07, 6.45) is -0.484. The molecule has 0 radical (unpaired) electrons. The first kappa shape index (κ1) is 17.0. The Kier molecular flexibility index (Phi) is 6.99. The van der Waals surface area contributed by atoms with Crippen molar-refractivity contribution in [3.8, 4) is 5.75 Å². The van der Waals surface area contributed by atoms with Crippen LogP contribution in [0.15, 0.2) is 12.1 Å². The lowest BCUT2D eigenvalue weighted by Gasteiger charge is -2.17. The lowest BCUT2D eigenvalue weighted by molar-refractivity contribution is -0.0124. The van der Waals surface area contributed by atoms with E-state index in [9.17, 15) is 5.11 Å². The van der Waals surface area contributed by atoms with Crippen molar-refractivity contribution in [1.29, 1.82) is 0 Å². The molecule has 1 aromatic carbocycles. The van der Waals surface area contributed by atoms with Crippen LogP contribution in [0.2, 0.25) is 0 Å². The second-order valence-corrected chi connectivity index (χ2v) is 5.44. The third-order valence-corrected chi connectivity index (χ3v) is 2.94. The van der Waals surface area contributed by atoms with Gasteiger partial charge in [-0.15, -0.1) is 0 Å². The van der Waals surface area contributed by atoms with Crippen molar-refractivity contribution in [2.75, 3.05) is 20.3 Å². The molecule has 0 aromatic heterocycles. The fourth-order valence-electron chi connectivity index (χ4n) is 2.10. The molecular formula is C16H27NO3. The van der Waals surface area contributed by atoms with Gasteiger partial charge < -0.3 is 19.9 Å². The third kappa shape index (κ3) is 5.49. The zero-order valence-corrected chi connectivity index (χ0v) is 13.2. The molecule has 0 aliphatic heterocycles. The van der Waals surface area contributed by atoms with E-state index in [0.29, 0.717) is 6.61 Å². The van der Waals surface area contributed by atoms with Crippen molar-refractivity contribution in [3.05, 3.63) is 28.8 Å². The summed E-state index contributed by atoms with van der Waals surface area (Å²) in [7, 11) is 1.93. The van der Waals surface area contributed by atoms with Crippen LogP contribution in [-0.2, 0) is 11.3 Å². The number of benzene rings is 1. The number of rotatable bonds is 8. The van der Waals surface area contributed by atoms with Gasteiger partial charge in [-0.25, -0.2) is 0 Å². The van der Waals surface area contributed by atoms with E-state index in [1.165, 1.54) is 5.56 Å². The normalized spacial score (nSPS) is 12.8. The first-order valence-corrected chi connectivity index (χ1v) is 7.11. The fraction of sp³-hybridized carbons (Fsp3) is 0.625. The molecule has 1 atom stereocenters. The van der Waals surface area contributed by atoms with Crippen molar-refractivity contribution in [1.82, 2.24) is 5.32 Å². The first-order chi connectivity index (χ1) is 9.43. The van der Waals surface area contributed by atoms with Gasteiger partial charge in [0.05, 0.1) is 12.7 Å². The van der Waals surface area contributed by atoms with E-state index < -0.39 is 6.10 Å². The average Bonchev–Trinajstić information content (AvgIpc) is 2.35. The number of aliphatic hydroxyl groups excluding tert-OH is 1. The van der Waals surface area contributed by atoms with Gasteiger partial charge in [-0.3, -0.25) is 0 Å². The molecule has 4 heteroatoms. The molecule has 20 heavy (non-hydrogen) atoms. The molecule has 114 valence electrons. The lowest BCUT2D eigenvalue weighted by atomic mass is 10.1. The monoisotopic (exact) mass is 281 g/mol. The average molecular weight is 281 g/mol. The topological polar surface area (TPSA) is 50.7 Å². The van der Waals surface area contributed by atoms with Crippen molar-refractivity contribution >= 4 is 0 Å². The number of ether oxygens (including phenoxy) is 2. The zero-order chi connectivity index (χ0) is 15.1. The second-order valence-electron chi connectivity index (χ2n) is 5.44. The Hall–Kier alpha value is -1.10. The molecule has 1 unspecified atom stereocenters. The second kappa shape index (κ2) is 8.25. The van der Waals surface area contributed by atoms with Gasteiger partial charge in [0.25, 0.3) is 0 Å². The van der Waals surface area contributed by atoms with E-state index in [1.54, 1.807) is 0 Å². The highest BCUT2D eigenvalue weighted by Gasteiger charge is 2.10. The van der Waals surface area contributed by atoms with Crippen LogP contribution < -0.4 is 10.1 Å². The number of hydrogen-bond acceptors (Lipinski definition) is 4. The third-order valence-electron chi connectivity index (χ3n) is 2.94. The maximum Gasteiger partial charge on any atom is 0.125 e. The van der Waals surface area contributed by atoms with E-state index in [2.05, 4.69) is 17.4 Å². The largest absolute Gasteiger partial charge is 0.490 e. The van der Waals surface area contributed by atoms with E-state index in [4.69, 9.17) is 9.47 Å². The van der Waals surface area contributed by atoms with Crippen molar-refractivity contribution in [2.45, 2.75) is 46.4 Å². The van der Waals surface area contributed by atoms with E-state index in [1.807, 2.05) is 34.7 Å². The van der Waals surface area contributed by atoms with Gasteiger partial charge in [0.1, 0.15) is 18.5 Å². The molecule has 0 saturated carbocycles.